The zero-order chi connectivity index (χ0) is 17.0. The third-order valence-corrected chi connectivity index (χ3v) is 5.56. The SMILES string of the molecule is COc1ccc2c(CCCCN3CCC(C)(C)CC3)cccc2c1. The van der Waals surface area contributed by atoms with E-state index in [4.69, 9.17) is 4.74 Å². The van der Waals surface area contributed by atoms with Gasteiger partial charge in [0.15, 0.2) is 0 Å². The molecule has 0 spiro atoms. The Morgan fingerprint density at radius 3 is 2.58 bits per heavy atom. The summed E-state index contributed by atoms with van der Waals surface area (Å²) >= 11 is 0. The average molecular weight is 325 g/mol. The van der Waals surface area contributed by atoms with Crippen molar-refractivity contribution >= 4 is 10.8 Å². The fourth-order valence-corrected chi connectivity index (χ4v) is 3.71. The number of methoxy groups -OCH3 is 1. The van der Waals surface area contributed by atoms with Crippen molar-refractivity contribution in [2.45, 2.75) is 46.0 Å². The minimum absolute atomic E-state index is 0.556. The Bertz CT molecular complexity index is 667. The smallest absolute Gasteiger partial charge is 0.119 e. The molecule has 2 nitrogen and oxygen atoms in total. The Hall–Kier alpha value is -1.54. The predicted molar refractivity (Wildman–Crippen MR) is 103 cm³/mol. The predicted octanol–water partition coefficient (Wildman–Crippen LogP) is 5.29. The molecule has 24 heavy (non-hydrogen) atoms. The standard InChI is InChI=1S/C22H31NO/c1-22(2)12-15-23(16-13-22)14-5-4-7-18-8-6-9-19-17-20(24-3)10-11-21(18)19/h6,8-11,17H,4-5,7,12-16H2,1-3H3. The summed E-state index contributed by atoms with van der Waals surface area (Å²) in [6.45, 7) is 8.62. The summed E-state index contributed by atoms with van der Waals surface area (Å²) in [5.74, 6) is 0.938. The number of rotatable bonds is 6. The first kappa shape index (κ1) is 17.3. The molecule has 1 heterocycles. The molecule has 0 bridgehead atoms. The minimum atomic E-state index is 0.556. The van der Waals surface area contributed by atoms with Gasteiger partial charge in [-0.3, -0.25) is 0 Å². The number of likely N-dealkylation sites (tertiary alicyclic amines) is 1. The van der Waals surface area contributed by atoms with Crippen LogP contribution in [0, 0.1) is 5.41 Å². The quantitative estimate of drug-likeness (QED) is 0.669. The van der Waals surface area contributed by atoms with Crippen molar-refractivity contribution in [3.8, 4) is 5.75 Å². The van der Waals surface area contributed by atoms with Crippen LogP contribution in [0.2, 0.25) is 0 Å². The molecule has 0 saturated carbocycles. The van der Waals surface area contributed by atoms with Gasteiger partial charge in [-0.2, -0.15) is 0 Å². The molecule has 0 unspecified atom stereocenters. The highest BCUT2D eigenvalue weighted by Crippen LogP contribution is 2.30. The number of hydrogen-bond donors (Lipinski definition) is 0. The second-order valence-corrected chi connectivity index (χ2v) is 7.97. The molecule has 1 aliphatic rings. The second-order valence-electron chi connectivity index (χ2n) is 7.97. The summed E-state index contributed by atoms with van der Waals surface area (Å²) in [5.41, 5.74) is 2.02. The Kier molecular flexibility index (Phi) is 5.45. The van der Waals surface area contributed by atoms with Crippen LogP contribution in [-0.4, -0.2) is 31.6 Å². The zero-order valence-corrected chi connectivity index (χ0v) is 15.5. The Morgan fingerprint density at radius 2 is 1.83 bits per heavy atom. The fraction of sp³-hybridized carbons (Fsp3) is 0.545. The molecule has 0 atom stereocenters. The molecule has 2 heteroatoms. The molecule has 1 aliphatic heterocycles. The van der Waals surface area contributed by atoms with Gasteiger partial charge < -0.3 is 9.64 Å². The highest BCUT2D eigenvalue weighted by molar-refractivity contribution is 5.87. The molecule has 0 N–H and O–H groups in total. The number of unbranched alkanes of at least 4 members (excludes halogenated alkanes) is 1. The van der Waals surface area contributed by atoms with E-state index in [0.29, 0.717) is 5.41 Å². The lowest BCUT2D eigenvalue weighted by Gasteiger charge is -2.36. The molecule has 0 aliphatic carbocycles. The molecule has 1 fully saturated rings. The number of piperidine rings is 1. The topological polar surface area (TPSA) is 12.5 Å². The number of aryl methyl sites for hydroxylation is 1. The van der Waals surface area contributed by atoms with E-state index in [1.54, 1.807) is 7.11 Å². The van der Waals surface area contributed by atoms with Crippen LogP contribution in [0.5, 0.6) is 5.75 Å². The van der Waals surface area contributed by atoms with Gasteiger partial charge in [0.25, 0.3) is 0 Å². The van der Waals surface area contributed by atoms with Crippen molar-refractivity contribution in [3.05, 3.63) is 42.0 Å². The maximum Gasteiger partial charge on any atom is 0.119 e. The van der Waals surface area contributed by atoms with Gasteiger partial charge in [-0.1, -0.05) is 38.1 Å². The largest absolute Gasteiger partial charge is 0.497 e. The van der Waals surface area contributed by atoms with E-state index >= 15 is 0 Å². The summed E-state index contributed by atoms with van der Waals surface area (Å²) < 4.78 is 5.34. The number of fused-ring (bicyclic) bond motifs is 1. The van der Waals surface area contributed by atoms with Crippen molar-refractivity contribution in [2.24, 2.45) is 5.41 Å². The van der Waals surface area contributed by atoms with Gasteiger partial charge >= 0.3 is 0 Å². The van der Waals surface area contributed by atoms with Crippen molar-refractivity contribution in [3.63, 3.8) is 0 Å². The second kappa shape index (κ2) is 7.57. The van der Waals surface area contributed by atoms with Gasteiger partial charge in [-0.25, -0.2) is 0 Å². The van der Waals surface area contributed by atoms with E-state index in [9.17, 15) is 0 Å². The molecule has 0 radical (unpaired) electrons. The van der Waals surface area contributed by atoms with Crippen LogP contribution in [0.3, 0.4) is 0 Å². The summed E-state index contributed by atoms with van der Waals surface area (Å²) in [7, 11) is 1.73. The number of benzene rings is 2. The van der Waals surface area contributed by atoms with Crippen molar-refractivity contribution in [1.29, 1.82) is 0 Å². The maximum atomic E-state index is 5.34. The Morgan fingerprint density at radius 1 is 1.04 bits per heavy atom. The molecule has 1 saturated heterocycles. The van der Waals surface area contributed by atoms with Gasteiger partial charge in [0.1, 0.15) is 5.75 Å². The first-order valence-electron chi connectivity index (χ1n) is 9.35. The van der Waals surface area contributed by atoms with Crippen molar-refractivity contribution in [2.75, 3.05) is 26.7 Å². The van der Waals surface area contributed by atoms with E-state index in [1.165, 1.54) is 68.1 Å². The molecular weight excluding hydrogens is 294 g/mol. The zero-order valence-electron chi connectivity index (χ0n) is 15.5. The van der Waals surface area contributed by atoms with Crippen LogP contribution in [0.15, 0.2) is 36.4 Å². The Balaban J connectivity index is 1.51. The minimum Gasteiger partial charge on any atom is -0.497 e. The molecule has 2 aromatic carbocycles. The summed E-state index contributed by atoms with van der Waals surface area (Å²) in [6.07, 6.45) is 6.43. The lowest BCUT2D eigenvalue weighted by atomic mass is 9.82. The fourth-order valence-electron chi connectivity index (χ4n) is 3.71. The van der Waals surface area contributed by atoms with E-state index < -0.39 is 0 Å². The van der Waals surface area contributed by atoms with E-state index in [1.807, 2.05) is 0 Å². The van der Waals surface area contributed by atoms with Crippen LogP contribution >= 0.6 is 0 Å². The third kappa shape index (κ3) is 4.30. The lowest BCUT2D eigenvalue weighted by molar-refractivity contribution is 0.131. The van der Waals surface area contributed by atoms with Crippen molar-refractivity contribution < 1.29 is 4.74 Å². The van der Waals surface area contributed by atoms with Gasteiger partial charge in [-0.15, -0.1) is 0 Å². The van der Waals surface area contributed by atoms with Crippen molar-refractivity contribution in [1.82, 2.24) is 4.90 Å². The highest BCUT2D eigenvalue weighted by Gasteiger charge is 2.24. The molecule has 2 aromatic rings. The van der Waals surface area contributed by atoms with Gasteiger partial charge in [0, 0.05) is 0 Å². The van der Waals surface area contributed by atoms with Crippen LogP contribution in [0.25, 0.3) is 10.8 Å². The normalized spacial score (nSPS) is 18.0. The maximum absolute atomic E-state index is 5.34. The molecule has 3 rings (SSSR count). The monoisotopic (exact) mass is 325 g/mol. The molecule has 0 aromatic heterocycles. The first-order chi connectivity index (χ1) is 11.6. The van der Waals surface area contributed by atoms with E-state index in [-0.39, 0.29) is 0 Å². The number of ether oxygens (including phenoxy) is 1. The summed E-state index contributed by atoms with van der Waals surface area (Å²) in [4.78, 5) is 2.65. The summed E-state index contributed by atoms with van der Waals surface area (Å²) in [5, 5.41) is 2.66. The van der Waals surface area contributed by atoms with Crippen LogP contribution in [0.1, 0.15) is 45.1 Å². The van der Waals surface area contributed by atoms with Crippen LogP contribution in [0.4, 0.5) is 0 Å². The van der Waals surface area contributed by atoms with Gasteiger partial charge in [-0.05, 0) is 85.6 Å². The average Bonchev–Trinajstić information content (AvgIpc) is 2.59. The Labute approximate surface area is 146 Å². The number of hydrogen-bond acceptors (Lipinski definition) is 2. The first-order valence-corrected chi connectivity index (χ1v) is 9.35. The van der Waals surface area contributed by atoms with E-state index in [2.05, 4.69) is 55.1 Å². The molecule has 130 valence electrons. The number of nitrogens with zero attached hydrogens (tertiary/aromatic N) is 1. The summed E-state index contributed by atoms with van der Waals surface area (Å²) in [6, 6.07) is 13.0. The molecular formula is C22H31NO. The lowest BCUT2D eigenvalue weighted by Crippen LogP contribution is -2.37. The van der Waals surface area contributed by atoms with Crippen LogP contribution in [-0.2, 0) is 6.42 Å². The highest BCUT2D eigenvalue weighted by atomic mass is 16.5. The molecule has 0 amide bonds. The van der Waals surface area contributed by atoms with Gasteiger partial charge in [0.05, 0.1) is 7.11 Å². The van der Waals surface area contributed by atoms with E-state index in [0.717, 1.165) is 5.75 Å². The van der Waals surface area contributed by atoms with Crippen LogP contribution < -0.4 is 4.74 Å². The van der Waals surface area contributed by atoms with Gasteiger partial charge in [0.2, 0.25) is 0 Å². The third-order valence-electron chi connectivity index (χ3n) is 5.56.